The largest absolute Gasteiger partial charge is 0.368 e. The number of hydrogen-bond acceptors (Lipinski definition) is 4. The molecule has 3 heterocycles. The predicted octanol–water partition coefficient (Wildman–Crippen LogP) is 2.34. The topological polar surface area (TPSA) is 36.4 Å². The molecule has 1 aliphatic rings. The van der Waals surface area contributed by atoms with Crippen LogP contribution < -0.4 is 4.90 Å². The molecule has 2 aromatic rings. The lowest BCUT2D eigenvalue weighted by Gasteiger charge is -2.36. The van der Waals surface area contributed by atoms with Gasteiger partial charge in [-0.15, -0.1) is 0 Å². The zero-order chi connectivity index (χ0) is 14.7. The highest BCUT2D eigenvalue weighted by atomic mass is 32.1. The first-order chi connectivity index (χ1) is 10.2. The fourth-order valence-electron chi connectivity index (χ4n) is 2.70. The van der Waals surface area contributed by atoms with Crippen LogP contribution in [-0.2, 0) is 11.2 Å². The monoisotopic (exact) mass is 301 g/mol. The van der Waals surface area contributed by atoms with Crippen molar-refractivity contribution in [1.82, 2.24) is 9.88 Å². The number of hydrogen-bond donors (Lipinski definition) is 0. The Balaban J connectivity index is 1.58. The zero-order valence-corrected chi connectivity index (χ0v) is 13.0. The molecule has 2 aromatic heterocycles. The number of carbonyl (C=O) groups is 1. The fraction of sp³-hybridized carbons (Fsp3) is 0.375. The second kappa shape index (κ2) is 6.26. The number of thiophene rings is 1. The summed E-state index contributed by atoms with van der Waals surface area (Å²) in [4.78, 5) is 20.7. The van der Waals surface area contributed by atoms with E-state index in [1.807, 2.05) is 28.7 Å². The quantitative estimate of drug-likeness (QED) is 0.873. The number of aryl methyl sites for hydroxylation is 1. The number of piperazine rings is 1. The van der Waals surface area contributed by atoms with Crippen molar-refractivity contribution in [3.63, 3.8) is 0 Å². The minimum absolute atomic E-state index is 0.236. The molecule has 110 valence electrons. The van der Waals surface area contributed by atoms with Gasteiger partial charge in [0, 0.05) is 44.3 Å². The third kappa shape index (κ3) is 3.24. The lowest BCUT2D eigenvalue weighted by atomic mass is 10.2. The molecule has 0 aromatic carbocycles. The Morgan fingerprint density at radius 2 is 2.10 bits per heavy atom. The Labute approximate surface area is 129 Å². The van der Waals surface area contributed by atoms with E-state index in [2.05, 4.69) is 28.3 Å². The first kappa shape index (κ1) is 14.1. The molecular formula is C16H19N3OS. The molecule has 0 bridgehead atoms. The van der Waals surface area contributed by atoms with Gasteiger partial charge >= 0.3 is 0 Å². The Morgan fingerprint density at radius 3 is 2.76 bits per heavy atom. The standard InChI is InChI=1S/C16H19N3OS/c1-13-11-17-4-2-15(13)18-5-7-19(8-6-18)16(20)10-14-3-9-21-12-14/h2-4,9,11-12H,5-8,10H2,1H3. The maximum absolute atomic E-state index is 12.3. The second-order valence-electron chi connectivity index (χ2n) is 5.34. The van der Waals surface area contributed by atoms with Crippen molar-refractivity contribution in [2.75, 3.05) is 31.1 Å². The molecule has 5 heteroatoms. The van der Waals surface area contributed by atoms with Crippen LogP contribution in [0.5, 0.6) is 0 Å². The van der Waals surface area contributed by atoms with E-state index in [4.69, 9.17) is 0 Å². The summed E-state index contributed by atoms with van der Waals surface area (Å²) in [5.74, 6) is 0.236. The average molecular weight is 301 g/mol. The van der Waals surface area contributed by atoms with Crippen LogP contribution in [0.25, 0.3) is 0 Å². The SMILES string of the molecule is Cc1cnccc1N1CCN(C(=O)Cc2ccsc2)CC1. The summed E-state index contributed by atoms with van der Waals surface area (Å²) in [5, 5.41) is 4.07. The van der Waals surface area contributed by atoms with Crippen molar-refractivity contribution in [2.45, 2.75) is 13.3 Å². The molecule has 1 amide bonds. The van der Waals surface area contributed by atoms with E-state index in [1.165, 1.54) is 11.3 Å². The Morgan fingerprint density at radius 1 is 1.29 bits per heavy atom. The Kier molecular flexibility index (Phi) is 4.20. The van der Waals surface area contributed by atoms with Crippen LogP contribution in [-0.4, -0.2) is 42.0 Å². The summed E-state index contributed by atoms with van der Waals surface area (Å²) in [5.41, 5.74) is 3.54. The van der Waals surface area contributed by atoms with Crippen LogP contribution in [0.2, 0.25) is 0 Å². The number of carbonyl (C=O) groups excluding carboxylic acids is 1. The van der Waals surface area contributed by atoms with E-state index in [9.17, 15) is 4.79 Å². The lowest BCUT2D eigenvalue weighted by Crippen LogP contribution is -2.49. The zero-order valence-electron chi connectivity index (χ0n) is 12.2. The molecule has 0 saturated carbocycles. The van der Waals surface area contributed by atoms with E-state index in [0.717, 1.165) is 31.7 Å². The lowest BCUT2D eigenvalue weighted by molar-refractivity contribution is -0.130. The molecule has 0 spiro atoms. The number of rotatable bonds is 3. The van der Waals surface area contributed by atoms with E-state index in [-0.39, 0.29) is 5.91 Å². The van der Waals surface area contributed by atoms with Crippen LogP contribution >= 0.6 is 11.3 Å². The molecular weight excluding hydrogens is 282 g/mol. The van der Waals surface area contributed by atoms with E-state index in [1.54, 1.807) is 11.3 Å². The smallest absolute Gasteiger partial charge is 0.227 e. The molecule has 0 radical (unpaired) electrons. The van der Waals surface area contributed by atoms with Crippen molar-refractivity contribution in [1.29, 1.82) is 0 Å². The summed E-state index contributed by atoms with van der Waals surface area (Å²) in [6, 6.07) is 4.08. The van der Waals surface area contributed by atoms with Crippen molar-refractivity contribution in [3.05, 3.63) is 46.4 Å². The highest BCUT2D eigenvalue weighted by Gasteiger charge is 2.22. The average Bonchev–Trinajstić information content (AvgIpc) is 3.01. The van der Waals surface area contributed by atoms with E-state index < -0.39 is 0 Å². The highest BCUT2D eigenvalue weighted by Crippen LogP contribution is 2.20. The summed E-state index contributed by atoms with van der Waals surface area (Å²) in [6.45, 7) is 5.45. The summed E-state index contributed by atoms with van der Waals surface area (Å²) in [6.07, 6.45) is 4.25. The normalized spacial score (nSPS) is 15.3. The van der Waals surface area contributed by atoms with Gasteiger partial charge < -0.3 is 9.80 Å². The number of pyridine rings is 1. The Bertz CT molecular complexity index is 604. The van der Waals surface area contributed by atoms with Crippen LogP contribution in [0.15, 0.2) is 35.3 Å². The van der Waals surface area contributed by atoms with Gasteiger partial charge in [-0.1, -0.05) is 0 Å². The van der Waals surface area contributed by atoms with Gasteiger partial charge in [0.15, 0.2) is 0 Å². The third-order valence-electron chi connectivity index (χ3n) is 3.90. The highest BCUT2D eigenvalue weighted by molar-refractivity contribution is 7.07. The van der Waals surface area contributed by atoms with Gasteiger partial charge in [-0.3, -0.25) is 9.78 Å². The molecule has 0 aliphatic carbocycles. The third-order valence-corrected chi connectivity index (χ3v) is 4.63. The second-order valence-corrected chi connectivity index (χ2v) is 6.12. The van der Waals surface area contributed by atoms with Crippen LogP contribution in [0.4, 0.5) is 5.69 Å². The molecule has 0 unspecified atom stereocenters. The summed E-state index contributed by atoms with van der Waals surface area (Å²) in [7, 11) is 0. The first-order valence-corrected chi connectivity index (χ1v) is 8.13. The van der Waals surface area contributed by atoms with Crippen LogP contribution in [0, 0.1) is 6.92 Å². The van der Waals surface area contributed by atoms with Gasteiger partial charge in [0.25, 0.3) is 0 Å². The van der Waals surface area contributed by atoms with Gasteiger partial charge in [0.05, 0.1) is 6.42 Å². The number of anilines is 1. The summed E-state index contributed by atoms with van der Waals surface area (Å²) < 4.78 is 0. The number of aromatic nitrogens is 1. The van der Waals surface area contributed by atoms with Crippen molar-refractivity contribution < 1.29 is 4.79 Å². The minimum atomic E-state index is 0.236. The molecule has 1 aliphatic heterocycles. The van der Waals surface area contributed by atoms with Gasteiger partial charge in [-0.25, -0.2) is 0 Å². The van der Waals surface area contributed by atoms with Gasteiger partial charge in [0.1, 0.15) is 0 Å². The van der Waals surface area contributed by atoms with Crippen molar-refractivity contribution in [3.8, 4) is 0 Å². The Hall–Kier alpha value is -1.88. The van der Waals surface area contributed by atoms with Gasteiger partial charge in [0.2, 0.25) is 5.91 Å². The van der Waals surface area contributed by atoms with Crippen molar-refractivity contribution >= 4 is 22.9 Å². The molecule has 1 saturated heterocycles. The molecule has 1 fully saturated rings. The molecule has 0 atom stereocenters. The predicted molar refractivity (Wildman–Crippen MR) is 85.8 cm³/mol. The molecule has 3 rings (SSSR count). The van der Waals surface area contributed by atoms with Gasteiger partial charge in [-0.05, 0) is 40.9 Å². The van der Waals surface area contributed by atoms with E-state index in [0.29, 0.717) is 6.42 Å². The van der Waals surface area contributed by atoms with Crippen molar-refractivity contribution in [2.24, 2.45) is 0 Å². The first-order valence-electron chi connectivity index (χ1n) is 7.18. The number of amides is 1. The minimum Gasteiger partial charge on any atom is -0.368 e. The van der Waals surface area contributed by atoms with Crippen LogP contribution in [0.3, 0.4) is 0 Å². The van der Waals surface area contributed by atoms with Crippen LogP contribution in [0.1, 0.15) is 11.1 Å². The molecule has 0 N–H and O–H groups in total. The summed E-state index contributed by atoms with van der Waals surface area (Å²) >= 11 is 1.64. The molecule has 4 nitrogen and oxygen atoms in total. The van der Waals surface area contributed by atoms with Gasteiger partial charge in [-0.2, -0.15) is 11.3 Å². The van der Waals surface area contributed by atoms with E-state index >= 15 is 0 Å². The molecule has 21 heavy (non-hydrogen) atoms. The number of nitrogens with zero attached hydrogens (tertiary/aromatic N) is 3. The maximum atomic E-state index is 12.3. The fourth-order valence-corrected chi connectivity index (χ4v) is 3.37. The maximum Gasteiger partial charge on any atom is 0.227 e.